The van der Waals surface area contributed by atoms with Crippen molar-refractivity contribution in [3.8, 4) is 11.8 Å². The van der Waals surface area contributed by atoms with Crippen LogP contribution >= 0.6 is 11.6 Å². The Balaban J connectivity index is 1.07. The van der Waals surface area contributed by atoms with Gasteiger partial charge in [-0.05, 0) is 67.6 Å². The molecular weight excluding hydrogens is 554 g/mol. The van der Waals surface area contributed by atoms with Gasteiger partial charge in [-0.15, -0.1) is 0 Å². The highest BCUT2D eigenvalue weighted by molar-refractivity contribution is 6.30. The molecule has 1 aliphatic carbocycles. The van der Waals surface area contributed by atoms with Crippen LogP contribution in [0.2, 0.25) is 5.02 Å². The lowest BCUT2D eigenvalue weighted by atomic mass is 9.94. The van der Waals surface area contributed by atoms with Crippen LogP contribution in [0.15, 0.2) is 60.9 Å². The molecule has 0 spiro atoms. The largest absolute Gasteiger partial charge is 0.478 e. The first kappa shape index (κ1) is 28.4. The lowest BCUT2D eigenvalue weighted by Gasteiger charge is -2.39. The van der Waals surface area contributed by atoms with E-state index in [4.69, 9.17) is 21.4 Å². The summed E-state index contributed by atoms with van der Waals surface area (Å²) in [7, 11) is 0. The van der Waals surface area contributed by atoms with E-state index in [1.165, 1.54) is 31.4 Å². The second-order valence-corrected chi connectivity index (χ2v) is 12.0. The molecule has 2 aliphatic heterocycles. The van der Waals surface area contributed by atoms with Crippen LogP contribution < -0.4 is 4.74 Å². The molecule has 2 saturated heterocycles. The summed E-state index contributed by atoms with van der Waals surface area (Å²) in [6.07, 6.45) is 11.2. The van der Waals surface area contributed by atoms with Crippen LogP contribution in [0.4, 0.5) is 4.79 Å². The molecule has 1 saturated carbocycles. The number of aromatic nitrogens is 2. The Morgan fingerprint density at radius 2 is 1.67 bits per heavy atom. The number of hydrogen-bond acceptors (Lipinski definition) is 6. The molecule has 9 nitrogen and oxygen atoms in total. The molecule has 3 heterocycles. The van der Waals surface area contributed by atoms with Gasteiger partial charge in [-0.2, -0.15) is 0 Å². The molecule has 3 aliphatic rings. The van der Waals surface area contributed by atoms with Gasteiger partial charge in [0.2, 0.25) is 0 Å². The molecular formula is C32H36ClN5O4. The number of amides is 2. The van der Waals surface area contributed by atoms with E-state index in [2.05, 4.69) is 30.7 Å². The van der Waals surface area contributed by atoms with E-state index in [0.29, 0.717) is 16.8 Å². The zero-order valence-corrected chi connectivity index (χ0v) is 24.3. The Hall–Kier alpha value is -3.69. The van der Waals surface area contributed by atoms with Gasteiger partial charge >= 0.3 is 18.0 Å². The number of carbonyl (C=O) groups is 2. The van der Waals surface area contributed by atoms with Crippen molar-refractivity contribution < 1.29 is 19.4 Å². The molecule has 1 N–H and O–H groups in total. The number of benzene rings is 2. The van der Waals surface area contributed by atoms with Crippen LogP contribution in [0.1, 0.15) is 72.5 Å². The Kier molecular flexibility index (Phi) is 8.58. The molecule has 0 radical (unpaired) electrons. The maximum absolute atomic E-state index is 13.9. The van der Waals surface area contributed by atoms with Crippen LogP contribution in [0.5, 0.6) is 11.8 Å². The summed E-state index contributed by atoms with van der Waals surface area (Å²) in [6, 6.07) is 15.1. The summed E-state index contributed by atoms with van der Waals surface area (Å²) >= 11 is 6.38. The second kappa shape index (κ2) is 12.7. The molecule has 0 bridgehead atoms. The van der Waals surface area contributed by atoms with Crippen LogP contribution in [0.3, 0.4) is 0 Å². The van der Waals surface area contributed by atoms with Crippen LogP contribution in [-0.4, -0.2) is 73.5 Å². The first-order chi connectivity index (χ1) is 20.4. The Morgan fingerprint density at radius 3 is 2.33 bits per heavy atom. The van der Waals surface area contributed by atoms with Crippen molar-refractivity contribution in [3.05, 3.63) is 82.6 Å². The van der Waals surface area contributed by atoms with E-state index in [1.54, 1.807) is 24.5 Å². The monoisotopic (exact) mass is 589 g/mol. The molecule has 220 valence electrons. The molecule has 1 atom stereocenters. The van der Waals surface area contributed by atoms with Gasteiger partial charge in [0.15, 0.2) is 0 Å². The summed E-state index contributed by atoms with van der Waals surface area (Å²) < 4.78 is 5.67. The van der Waals surface area contributed by atoms with E-state index < -0.39 is 5.97 Å². The lowest BCUT2D eigenvalue weighted by Crippen LogP contribution is -2.48. The minimum Gasteiger partial charge on any atom is -0.478 e. The molecule has 2 aromatic carbocycles. The van der Waals surface area contributed by atoms with Gasteiger partial charge in [-0.1, -0.05) is 43.0 Å². The number of nitrogens with zero attached hydrogens (tertiary/aromatic N) is 5. The smallest absolute Gasteiger partial charge is 0.335 e. The maximum Gasteiger partial charge on any atom is 0.335 e. The normalized spacial score (nSPS) is 20.7. The molecule has 1 unspecified atom stereocenters. The molecule has 42 heavy (non-hydrogen) atoms. The third kappa shape index (κ3) is 6.37. The van der Waals surface area contributed by atoms with Gasteiger partial charge in [0, 0.05) is 61.2 Å². The quantitative estimate of drug-likeness (QED) is 0.325. The molecule has 10 heteroatoms. The number of urea groups is 1. The molecule has 3 fully saturated rings. The van der Waals surface area contributed by atoms with Gasteiger partial charge < -0.3 is 19.6 Å². The number of likely N-dealkylation sites (tertiary alicyclic amines) is 1. The number of rotatable bonds is 8. The predicted octanol–water partition coefficient (Wildman–Crippen LogP) is 6.40. The number of halogens is 1. The zero-order valence-electron chi connectivity index (χ0n) is 23.6. The van der Waals surface area contributed by atoms with Gasteiger partial charge in [0.1, 0.15) is 5.75 Å². The van der Waals surface area contributed by atoms with E-state index in [1.807, 2.05) is 18.2 Å². The predicted molar refractivity (Wildman–Crippen MR) is 159 cm³/mol. The van der Waals surface area contributed by atoms with E-state index in [-0.39, 0.29) is 29.7 Å². The number of carboxylic acid groups (broad SMARTS) is 1. The van der Waals surface area contributed by atoms with Gasteiger partial charge in [-0.3, -0.25) is 4.90 Å². The highest BCUT2D eigenvalue weighted by atomic mass is 35.5. The number of piperidine rings is 1. The Morgan fingerprint density at radius 1 is 0.952 bits per heavy atom. The Bertz CT molecular complexity index is 1390. The summed E-state index contributed by atoms with van der Waals surface area (Å²) in [4.78, 5) is 40.3. The fourth-order valence-corrected chi connectivity index (χ4v) is 6.78. The molecule has 2 amide bonds. The summed E-state index contributed by atoms with van der Waals surface area (Å²) in [6.45, 7) is 3.22. The average molecular weight is 590 g/mol. The van der Waals surface area contributed by atoms with Crippen molar-refractivity contribution in [1.29, 1.82) is 0 Å². The zero-order chi connectivity index (χ0) is 29.1. The maximum atomic E-state index is 13.9. The fraction of sp³-hybridized carbons (Fsp3) is 0.438. The number of carboxylic acids is 1. The minimum atomic E-state index is -0.986. The first-order valence-corrected chi connectivity index (χ1v) is 15.2. The SMILES string of the molecule is O=C(O)c1ccc(Oc2ncc(CN3CCC(N4C(=O)N(C5CCCCC5)CC4c4cccc(Cl)c4)CC3)cn2)cc1. The fourth-order valence-electron chi connectivity index (χ4n) is 6.58. The summed E-state index contributed by atoms with van der Waals surface area (Å²) in [5.41, 5.74) is 2.30. The number of carbonyl (C=O) groups excluding carboxylic acids is 1. The number of hydrogen-bond donors (Lipinski definition) is 1. The van der Waals surface area contributed by atoms with Crippen molar-refractivity contribution in [2.45, 2.75) is 69.6 Å². The first-order valence-electron chi connectivity index (χ1n) is 14.8. The average Bonchev–Trinajstić information content (AvgIpc) is 3.36. The minimum absolute atomic E-state index is 0.0240. The van der Waals surface area contributed by atoms with Gasteiger partial charge in [-0.25, -0.2) is 19.6 Å². The van der Waals surface area contributed by atoms with Crippen LogP contribution in [0, 0.1) is 0 Å². The van der Waals surface area contributed by atoms with Gasteiger partial charge in [0.05, 0.1) is 11.6 Å². The highest BCUT2D eigenvalue weighted by Gasteiger charge is 2.45. The Labute approximate surface area is 251 Å². The van der Waals surface area contributed by atoms with Crippen molar-refractivity contribution >= 4 is 23.6 Å². The standard InChI is InChI=1S/C32H36ClN5O4/c33-25-6-4-5-24(17-25)29-21-37(26-7-2-1-3-8-26)32(41)38(29)27-13-15-36(16-14-27)20-22-18-34-31(35-19-22)42-28-11-9-23(10-12-28)30(39)40/h4-6,9-12,17-19,26-27,29H,1-3,7-8,13-16,20-21H2,(H,39,40). The van der Waals surface area contributed by atoms with Crippen molar-refractivity contribution in [2.24, 2.45) is 0 Å². The highest BCUT2D eigenvalue weighted by Crippen LogP contribution is 2.38. The number of aromatic carboxylic acids is 1. The van der Waals surface area contributed by atoms with Gasteiger partial charge in [0.25, 0.3) is 0 Å². The third-order valence-corrected chi connectivity index (χ3v) is 9.00. The van der Waals surface area contributed by atoms with Crippen molar-refractivity contribution in [2.75, 3.05) is 19.6 Å². The van der Waals surface area contributed by atoms with E-state index in [9.17, 15) is 9.59 Å². The lowest BCUT2D eigenvalue weighted by molar-refractivity contribution is 0.0696. The van der Waals surface area contributed by atoms with Crippen molar-refractivity contribution in [3.63, 3.8) is 0 Å². The van der Waals surface area contributed by atoms with Crippen LogP contribution in [0.25, 0.3) is 0 Å². The number of ether oxygens (including phenoxy) is 1. The molecule has 1 aromatic heterocycles. The molecule has 6 rings (SSSR count). The van der Waals surface area contributed by atoms with E-state index in [0.717, 1.165) is 63.0 Å². The summed E-state index contributed by atoms with van der Waals surface area (Å²) in [5.74, 6) is -0.509. The summed E-state index contributed by atoms with van der Waals surface area (Å²) in [5, 5.41) is 9.76. The topological polar surface area (TPSA) is 99.1 Å². The third-order valence-electron chi connectivity index (χ3n) is 8.77. The second-order valence-electron chi connectivity index (χ2n) is 11.5. The molecule has 3 aromatic rings. The van der Waals surface area contributed by atoms with E-state index >= 15 is 0 Å². The van der Waals surface area contributed by atoms with Crippen molar-refractivity contribution in [1.82, 2.24) is 24.7 Å². The van der Waals surface area contributed by atoms with Crippen LogP contribution in [-0.2, 0) is 6.54 Å².